The molecule has 0 aromatic carbocycles. The third-order valence-electron chi connectivity index (χ3n) is 2.85. The van der Waals surface area contributed by atoms with E-state index in [2.05, 4.69) is 0 Å². The predicted molar refractivity (Wildman–Crippen MR) is 76.9 cm³/mol. The zero-order valence-electron chi connectivity index (χ0n) is 11.7. The van der Waals surface area contributed by atoms with Gasteiger partial charge in [-0.1, -0.05) is 13.8 Å². The summed E-state index contributed by atoms with van der Waals surface area (Å²) in [4.78, 5) is 10.1. The zero-order chi connectivity index (χ0) is 14.8. The maximum atomic E-state index is 14.0. The van der Waals surface area contributed by atoms with E-state index >= 15 is 0 Å². The molecule has 2 radical (unpaired) electrons. The second kappa shape index (κ2) is 6.96. The summed E-state index contributed by atoms with van der Waals surface area (Å²) in [5.41, 5.74) is -0.252. The molecule has 0 aliphatic carbocycles. The fourth-order valence-electron chi connectivity index (χ4n) is 1.59. The standard InChI is InChI=1S/C11H21BFO4PS/c1-6(2)15-5-8-10(9(13)11(12)16-8)17-18(14,19)7(3)4/h6-11H,5H2,1-4H3,(H,14,19)/t8-,9-,10-,11-,18?/m1/s1. The van der Waals surface area contributed by atoms with E-state index in [1.807, 2.05) is 13.8 Å². The number of ether oxygens (including phenoxy) is 2. The van der Waals surface area contributed by atoms with Crippen LogP contribution in [0.3, 0.4) is 0 Å². The minimum absolute atomic E-state index is 0.0126. The average molecular weight is 310 g/mol. The van der Waals surface area contributed by atoms with Crippen LogP contribution in [-0.2, 0) is 25.8 Å². The van der Waals surface area contributed by atoms with E-state index in [4.69, 9.17) is 33.7 Å². The van der Waals surface area contributed by atoms with E-state index in [1.165, 1.54) is 0 Å². The first kappa shape index (κ1) is 17.5. The molecule has 5 atom stereocenters. The second-order valence-corrected chi connectivity index (χ2v) is 9.13. The molecule has 1 aliphatic heterocycles. The van der Waals surface area contributed by atoms with Gasteiger partial charge in [-0.25, -0.2) is 4.39 Å². The summed E-state index contributed by atoms with van der Waals surface area (Å²) in [6.07, 6.45) is -3.16. The lowest BCUT2D eigenvalue weighted by molar-refractivity contribution is -0.0420. The van der Waals surface area contributed by atoms with Crippen molar-refractivity contribution < 1.29 is 23.3 Å². The molecule has 8 heteroatoms. The fraction of sp³-hybridized carbons (Fsp3) is 1.00. The van der Waals surface area contributed by atoms with E-state index < -0.39 is 30.9 Å². The van der Waals surface area contributed by atoms with Crippen LogP contribution in [0.4, 0.5) is 4.39 Å². The highest BCUT2D eigenvalue weighted by molar-refractivity contribution is 8.09. The Morgan fingerprint density at radius 3 is 2.47 bits per heavy atom. The van der Waals surface area contributed by atoms with Gasteiger partial charge < -0.3 is 18.9 Å². The Balaban J connectivity index is 2.72. The van der Waals surface area contributed by atoms with Gasteiger partial charge in [0.1, 0.15) is 26.2 Å². The summed E-state index contributed by atoms with van der Waals surface area (Å²) in [7, 11) is 5.52. The van der Waals surface area contributed by atoms with Crippen molar-refractivity contribution in [3.8, 4) is 0 Å². The van der Waals surface area contributed by atoms with Gasteiger partial charge in [-0.05, 0) is 25.7 Å². The Kier molecular flexibility index (Phi) is 6.43. The highest BCUT2D eigenvalue weighted by Gasteiger charge is 2.46. The summed E-state index contributed by atoms with van der Waals surface area (Å²) < 4.78 is 30.1. The Morgan fingerprint density at radius 1 is 1.42 bits per heavy atom. The van der Waals surface area contributed by atoms with Crippen molar-refractivity contribution in [3.05, 3.63) is 0 Å². The van der Waals surface area contributed by atoms with Crippen molar-refractivity contribution in [3.63, 3.8) is 0 Å². The molecule has 0 aromatic rings. The highest BCUT2D eigenvalue weighted by atomic mass is 32.5. The van der Waals surface area contributed by atoms with Crippen molar-refractivity contribution in [1.82, 2.24) is 0 Å². The zero-order valence-corrected chi connectivity index (χ0v) is 13.4. The fourth-order valence-corrected chi connectivity index (χ4v) is 2.73. The number of hydrogen-bond donors (Lipinski definition) is 1. The largest absolute Gasteiger partial charge is 0.376 e. The van der Waals surface area contributed by atoms with Gasteiger partial charge in [-0.3, -0.25) is 0 Å². The Labute approximate surface area is 120 Å². The van der Waals surface area contributed by atoms with Gasteiger partial charge >= 0.3 is 0 Å². The molecule has 19 heavy (non-hydrogen) atoms. The molecule has 1 aliphatic rings. The molecule has 1 fully saturated rings. The quantitative estimate of drug-likeness (QED) is 0.598. The normalized spacial score (nSPS) is 34.9. The Bertz CT molecular complexity index is 345. The van der Waals surface area contributed by atoms with Crippen LogP contribution in [0.15, 0.2) is 0 Å². The second-order valence-electron chi connectivity index (χ2n) is 5.19. The van der Waals surface area contributed by atoms with E-state index in [1.54, 1.807) is 13.8 Å². The van der Waals surface area contributed by atoms with Crippen LogP contribution in [0.5, 0.6) is 0 Å². The van der Waals surface area contributed by atoms with Crippen molar-refractivity contribution in [2.45, 2.75) is 63.8 Å². The summed E-state index contributed by atoms with van der Waals surface area (Å²) in [5.74, 6) is 0. The molecule has 110 valence electrons. The molecule has 1 unspecified atom stereocenters. The molecule has 1 saturated heterocycles. The molecule has 1 N–H and O–H groups in total. The number of hydrogen-bond acceptors (Lipinski definition) is 4. The maximum absolute atomic E-state index is 14.0. The molecule has 0 spiro atoms. The van der Waals surface area contributed by atoms with Crippen LogP contribution < -0.4 is 0 Å². The lowest BCUT2D eigenvalue weighted by Gasteiger charge is -2.27. The van der Waals surface area contributed by atoms with Gasteiger partial charge in [0, 0.05) is 5.66 Å². The molecular formula is C11H21BFO4PS. The smallest absolute Gasteiger partial charge is 0.189 e. The summed E-state index contributed by atoms with van der Waals surface area (Å²) in [6, 6.07) is -1.08. The van der Waals surface area contributed by atoms with E-state index in [9.17, 15) is 9.28 Å². The van der Waals surface area contributed by atoms with Crippen molar-refractivity contribution in [1.29, 1.82) is 0 Å². The molecule has 0 bridgehead atoms. The van der Waals surface area contributed by atoms with Crippen LogP contribution in [0.1, 0.15) is 27.7 Å². The molecular weight excluding hydrogens is 289 g/mol. The van der Waals surface area contributed by atoms with Crippen molar-refractivity contribution in [2.75, 3.05) is 6.61 Å². The van der Waals surface area contributed by atoms with Crippen molar-refractivity contribution >= 4 is 26.1 Å². The Morgan fingerprint density at radius 2 is 2.00 bits per heavy atom. The number of alkyl halides is 1. The average Bonchev–Trinajstić information content (AvgIpc) is 2.53. The summed E-state index contributed by atoms with van der Waals surface area (Å²) in [5, 5.41) is 0. The van der Waals surface area contributed by atoms with Crippen LogP contribution in [-0.4, -0.2) is 55.5 Å². The van der Waals surface area contributed by atoms with Gasteiger partial charge in [-0.2, -0.15) is 0 Å². The topological polar surface area (TPSA) is 47.9 Å². The minimum Gasteiger partial charge on any atom is -0.376 e. The molecule has 1 heterocycles. The van der Waals surface area contributed by atoms with Gasteiger partial charge in [0.25, 0.3) is 0 Å². The van der Waals surface area contributed by atoms with E-state index in [-0.39, 0.29) is 18.4 Å². The number of halogens is 1. The van der Waals surface area contributed by atoms with Crippen LogP contribution >= 0.6 is 6.49 Å². The van der Waals surface area contributed by atoms with Gasteiger partial charge in [0.05, 0.1) is 18.7 Å². The third kappa shape index (κ3) is 4.76. The van der Waals surface area contributed by atoms with Gasteiger partial charge in [-0.15, -0.1) is 0 Å². The monoisotopic (exact) mass is 310 g/mol. The Hall–Kier alpha value is 0.485. The molecule has 1 rings (SSSR count). The molecule has 0 amide bonds. The van der Waals surface area contributed by atoms with E-state index in [0.29, 0.717) is 0 Å². The van der Waals surface area contributed by atoms with E-state index in [0.717, 1.165) is 0 Å². The van der Waals surface area contributed by atoms with Gasteiger partial charge in [0.15, 0.2) is 6.49 Å². The lowest BCUT2D eigenvalue weighted by atomic mass is 9.94. The summed E-state index contributed by atoms with van der Waals surface area (Å²) in [6.45, 7) is 4.30. The van der Waals surface area contributed by atoms with Crippen LogP contribution in [0, 0.1) is 0 Å². The van der Waals surface area contributed by atoms with Crippen LogP contribution in [0.2, 0.25) is 0 Å². The van der Waals surface area contributed by atoms with Crippen LogP contribution in [0.25, 0.3) is 0 Å². The highest BCUT2D eigenvalue weighted by Crippen LogP contribution is 2.50. The maximum Gasteiger partial charge on any atom is 0.189 e. The molecule has 4 nitrogen and oxygen atoms in total. The summed E-state index contributed by atoms with van der Waals surface area (Å²) >= 11 is 5.02. The first-order valence-electron chi connectivity index (χ1n) is 6.32. The first-order chi connectivity index (χ1) is 8.65. The molecule has 0 saturated carbocycles. The van der Waals surface area contributed by atoms with Crippen molar-refractivity contribution in [2.24, 2.45) is 0 Å². The van der Waals surface area contributed by atoms with Gasteiger partial charge in [0.2, 0.25) is 0 Å². The number of rotatable bonds is 6. The SMILES string of the molecule is [B][C@@H]1O[C@H](COC(C)C)[C@@H](OP(O)(=S)C(C)C)[C@H]1F. The third-order valence-corrected chi connectivity index (χ3v) is 6.22. The molecule has 0 aromatic heterocycles. The predicted octanol–water partition coefficient (Wildman–Crippen LogP) is 1.74. The first-order valence-corrected chi connectivity index (χ1v) is 9.07. The minimum atomic E-state index is -3.06. The lowest BCUT2D eigenvalue weighted by Crippen LogP contribution is -2.35.